The molecule has 3 aromatic rings. The van der Waals surface area contributed by atoms with Gasteiger partial charge < -0.3 is 14.2 Å². The van der Waals surface area contributed by atoms with E-state index >= 15 is 0 Å². The van der Waals surface area contributed by atoms with E-state index in [1.165, 1.54) is 6.07 Å². The number of carbonyl (C=O) groups is 1. The summed E-state index contributed by atoms with van der Waals surface area (Å²) in [6.45, 7) is 5.06. The number of aryl methyl sites for hydroxylation is 1. The molecule has 0 radical (unpaired) electrons. The van der Waals surface area contributed by atoms with Crippen molar-refractivity contribution in [3.05, 3.63) is 59.9 Å². The van der Waals surface area contributed by atoms with Crippen LogP contribution in [0.15, 0.2) is 42.6 Å². The van der Waals surface area contributed by atoms with E-state index in [1.807, 2.05) is 11.5 Å². The quantitative estimate of drug-likeness (QED) is 0.578. The number of amides is 1. The van der Waals surface area contributed by atoms with Crippen molar-refractivity contribution in [1.29, 1.82) is 0 Å². The average Bonchev–Trinajstić information content (AvgIpc) is 3.17. The molecule has 1 amide bonds. The third-order valence-electron chi connectivity index (χ3n) is 4.77. The summed E-state index contributed by atoms with van der Waals surface area (Å²) in [5.41, 5.74) is 2.12. The molecular weight excluding hydrogens is 395 g/mol. The number of unbranched alkanes of at least 4 members (excludes halogenated alkanes) is 1. The Balaban J connectivity index is 0.00000240. The zero-order valence-electron chi connectivity index (χ0n) is 16.3. The van der Waals surface area contributed by atoms with Crippen LogP contribution in [0.1, 0.15) is 36.1 Å². The van der Waals surface area contributed by atoms with Gasteiger partial charge in [0.05, 0.1) is 18.1 Å². The number of rotatable bonds is 6. The summed E-state index contributed by atoms with van der Waals surface area (Å²) in [7, 11) is 0. The van der Waals surface area contributed by atoms with Gasteiger partial charge in [0.2, 0.25) is 11.7 Å². The van der Waals surface area contributed by atoms with Gasteiger partial charge in [-0.25, -0.2) is 14.4 Å². The summed E-state index contributed by atoms with van der Waals surface area (Å²) in [6, 6.07) is 9.96. The fourth-order valence-corrected chi connectivity index (χ4v) is 3.39. The molecule has 3 heterocycles. The van der Waals surface area contributed by atoms with Gasteiger partial charge in [0.25, 0.3) is 5.91 Å². The van der Waals surface area contributed by atoms with Crippen LogP contribution < -0.4 is 4.74 Å². The van der Waals surface area contributed by atoms with Crippen molar-refractivity contribution < 1.29 is 13.9 Å². The van der Waals surface area contributed by atoms with Crippen LogP contribution in [0.5, 0.6) is 11.6 Å². The molecule has 0 atom stereocenters. The number of ether oxygens (including phenoxy) is 1. The van der Waals surface area contributed by atoms with Crippen molar-refractivity contribution >= 4 is 18.3 Å². The van der Waals surface area contributed by atoms with Gasteiger partial charge in [-0.15, -0.1) is 12.4 Å². The Kier molecular flexibility index (Phi) is 6.17. The third kappa shape index (κ3) is 3.96. The van der Waals surface area contributed by atoms with E-state index in [0.717, 1.165) is 18.5 Å². The summed E-state index contributed by atoms with van der Waals surface area (Å²) in [5, 5.41) is 0. The molecule has 0 N–H and O–H groups in total. The molecule has 4 rings (SSSR count). The number of benzene rings is 1. The largest absolute Gasteiger partial charge is 0.436 e. The Bertz CT molecular complexity index is 1020. The summed E-state index contributed by atoms with van der Waals surface area (Å²) < 4.78 is 22.0. The van der Waals surface area contributed by atoms with E-state index in [9.17, 15) is 9.18 Å². The molecule has 8 heteroatoms. The maximum absolute atomic E-state index is 14.7. The van der Waals surface area contributed by atoms with Gasteiger partial charge in [-0.2, -0.15) is 0 Å². The zero-order valence-corrected chi connectivity index (χ0v) is 17.1. The van der Waals surface area contributed by atoms with Crippen molar-refractivity contribution in [2.75, 3.05) is 6.54 Å². The first-order valence-corrected chi connectivity index (χ1v) is 9.33. The number of halogens is 2. The lowest BCUT2D eigenvalue weighted by molar-refractivity contribution is 0.0763. The van der Waals surface area contributed by atoms with Crippen molar-refractivity contribution in [3.63, 3.8) is 0 Å². The molecule has 6 nitrogen and oxygen atoms in total. The van der Waals surface area contributed by atoms with Crippen molar-refractivity contribution in [1.82, 2.24) is 19.4 Å². The molecule has 2 aromatic heterocycles. The van der Waals surface area contributed by atoms with Crippen LogP contribution in [-0.4, -0.2) is 31.9 Å². The molecule has 0 saturated carbocycles. The lowest BCUT2D eigenvalue weighted by atomic mass is 10.1. The minimum atomic E-state index is -0.495. The van der Waals surface area contributed by atoms with Crippen LogP contribution in [0.3, 0.4) is 0 Å². The van der Waals surface area contributed by atoms with Gasteiger partial charge in [-0.3, -0.25) is 4.79 Å². The molecule has 152 valence electrons. The second-order valence-electron chi connectivity index (χ2n) is 6.78. The number of pyridine rings is 1. The highest BCUT2D eigenvalue weighted by Gasteiger charge is 2.32. The molecule has 1 aliphatic heterocycles. The molecule has 1 aliphatic rings. The number of hydrogen-bond donors (Lipinski definition) is 0. The van der Waals surface area contributed by atoms with Crippen LogP contribution in [0.4, 0.5) is 4.39 Å². The monoisotopic (exact) mass is 416 g/mol. The van der Waals surface area contributed by atoms with Crippen molar-refractivity contribution in [2.45, 2.75) is 33.4 Å². The van der Waals surface area contributed by atoms with E-state index in [2.05, 4.69) is 16.9 Å². The molecule has 0 saturated heterocycles. The Morgan fingerprint density at radius 2 is 2.07 bits per heavy atom. The molecule has 0 unspecified atom stereocenters. The van der Waals surface area contributed by atoms with E-state index in [1.54, 1.807) is 41.4 Å². The summed E-state index contributed by atoms with van der Waals surface area (Å²) >= 11 is 0. The number of hydrogen-bond acceptors (Lipinski definition) is 4. The van der Waals surface area contributed by atoms with Crippen molar-refractivity contribution in [3.8, 4) is 22.9 Å². The van der Waals surface area contributed by atoms with E-state index < -0.39 is 5.82 Å². The Labute approximate surface area is 174 Å². The first-order valence-electron chi connectivity index (χ1n) is 9.33. The summed E-state index contributed by atoms with van der Waals surface area (Å²) in [4.78, 5) is 22.8. The number of aromatic nitrogens is 3. The first-order chi connectivity index (χ1) is 13.6. The minimum Gasteiger partial charge on any atom is -0.436 e. The average molecular weight is 417 g/mol. The topological polar surface area (TPSA) is 60.3 Å². The summed E-state index contributed by atoms with van der Waals surface area (Å²) in [6.07, 6.45) is 3.54. The summed E-state index contributed by atoms with van der Waals surface area (Å²) in [5.74, 6) is 0.274. The van der Waals surface area contributed by atoms with E-state index in [4.69, 9.17) is 4.74 Å². The van der Waals surface area contributed by atoms with Crippen molar-refractivity contribution in [2.24, 2.45) is 0 Å². The zero-order chi connectivity index (χ0) is 19.7. The molecule has 29 heavy (non-hydrogen) atoms. The standard InChI is InChI=1S/C21H21FN4O2.ClH/c1-3-4-11-25-13-26-19(14(2)24-20(26)21(25)27)15-8-9-17(16(22)12-15)28-18-7-5-6-10-23-18;/h5-10,12H,3-4,11,13H2,1-2H3;1H. The van der Waals surface area contributed by atoms with Gasteiger partial charge in [-0.05, 0) is 37.6 Å². The maximum atomic E-state index is 14.7. The number of imidazole rings is 1. The van der Waals surface area contributed by atoms with Crippen LogP contribution in [0.2, 0.25) is 0 Å². The van der Waals surface area contributed by atoms with Gasteiger partial charge in [0.1, 0.15) is 0 Å². The van der Waals surface area contributed by atoms with Crippen LogP contribution >= 0.6 is 12.4 Å². The third-order valence-corrected chi connectivity index (χ3v) is 4.77. The molecule has 0 bridgehead atoms. The van der Waals surface area contributed by atoms with Gasteiger partial charge in [-0.1, -0.05) is 19.4 Å². The van der Waals surface area contributed by atoms with E-state index in [0.29, 0.717) is 36.2 Å². The fraction of sp³-hybridized carbons (Fsp3) is 0.286. The predicted molar refractivity (Wildman–Crippen MR) is 110 cm³/mol. The molecule has 0 aliphatic carbocycles. The highest BCUT2D eigenvalue weighted by atomic mass is 35.5. The number of nitrogens with zero attached hydrogens (tertiary/aromatic N) is 4. The van der Waals surface area contributed by atoms with Gasteiger partial charge in [0, 0.05) is 24.4 Å². The lowest BCUT2D eigenvalue weighted by Gasteiger charge is -2.16. The highest BCUT2D eigenvalue weighted by molar-refractivity contribution is 5.94. The Morgan fingerprint density at radius 3 is 2.76 bits per heavy atom. The smallest absolute Gasteiger partial charge is 0.291 e. The fourth-order valence-electron chi connectivity index (χ4n) is 3.39. The maximum Gasteiger partial charge on any atom is 0.291 e. The SMILES string of the molecule is CCCCN1Cn2c(nc(C)c2-c2ccc(Oc3ccccn3)c(F)c2)C1=O.Cl. The number of fused-ring (bicyclic) bond motifs is 1. The van der Waals surface area contributed by atoms with Gasteiger partial charge in [0.15, 0.2) is 11.6 Å². The molecule has 1 aromatic carbocycles. The lowest BCUT2D eigenvalue weighted by Crippen LogP contribution is -2.26. The van der Waals surface area contributed by atoms with Crippen LogP contribution in [0.25, 0.3) is 11.3 Å². The van der Waals surface area contributed by atoms with E-state index in [-0.39, 0.29) is 24.1 Å². The molecule has 0 spiro atoms. The Morgan fingerprint density at radius 1 is 1.24 bits per heavy atom. The van der Waals surface area contributed by atoms with Crippen LogP contribution in [-0.2, 0) is 6.67 Å². The predicted octanol–water partition coefficient (Wildman–Crippen LogP) is 4.82. The highest BCUT2D eigenvalue weighted by Crippen LogP contribution is 2.33. The second-order valence-corrected chi connectivity index (χ2v) is 6.78. The van der Waals surface area contributed by atoms with Crippen LogP contribution in [0, 0.1) is 12.7 Å². The van der Waals surface area contributed by atoms with Gasteiger partial charge >= 0.3 is 0 Å². The molecule has 0 fully saturated rings. The first kappa shape index (κ1) is 20.8. The Hall–Kier alpha value is -2.93. The molecular formula is C21H22ClFN4O2. The minimum absolute atomic E-state index is 0. The normalized spacial score (nSPS) is 12.7. The number of carbonyl (C=O) groups excluding carboxylic acids is 1. The second kappa shape index (κ2) is 8.61.